The molecule has 0 fully saturated rings. The number of ether oxygens (including phenoxy) is 1. The third-order valence-corrected chi connectivity index (χ3v) is 3.05. The molecule has 3 N–H and O–H groups in total. The zero-order chi connectivity index (χ0) is 15.1. The molecule has 0 aromatic rings. The molecular weight excluding hydrogens is 270 g/mol. The van der Waals surface area contributed by atoms with Crippen LogP contribution in [0.4, 0.5) is 4.79 Å². The first-order chi connectivity index (χ1) is 8.61. The summed E-state index contributed by atoms with van der Waals surface area (Å²) in [5.74, 6) is -0.228. The lowest BCUT2D eigenvalue weighted by atomic mass is 10.2. The molecule has 2 unspecified atom stereocenters. The Bertz CT molecular complexity index is 301. The molecule has 0 aromatic heterocycles. The zero-order valence-corrected chi connectivity index (χ0v) is 12.6. The number of hydrogen-bond acceptors (Lipinski definition) is 5. The van der Waals surface area contributed by atoms with Crippen LogP contribution in [0.25, 0.3) is 0 Å². The summed E-state index contributed by atoms with van der Waals surface area (Å²) in [7, 11) is 0. The van der Waals surface area contributed by atoms with Gasteiger partial charge in [-0.1, -0.05) is 0 Å². The fourth-order valence-electron chi connectivity index (χ4n) is 1.08. The fraction of sp³-hybridized carbons (Fsp3) is 0.833. The van der Waals surface area contributed by atoms with Gasteiger partial charge in [-0.15, -0.1) is 0 Å². The fourth-order valence-corrected chi connectivity index (χ4v) is 2.22. The van der Waals surface area contributed by atoms with E-state index in [2.05, 4.69) is 5.32 Å². The van der Waals surface area contributed by atoms with Crippen molar-refractivity contribution in [3.8, 4) is 0 Å². The largest absolute Gasteiger partial charge is 0.480 e. The molecule has 19 heavy (non-hydrogen) atoms. The third-order valence-electron chi connectivity index (χ3n) is 1.95. The van der Waals surface area contributed by atoms with Crippen molar-refractivity contribution in [1.29, 1.82) is 0 Å². The summed E-state index contributed by atoms with van der Waals surface area (Å²) in [4.78, 5) is 22.5. The number of nitrogens with one attached hydrogen (secondary N) is 1. The van der Waals surface area contributed by atoms with Gasteiger partial charge < -0.3 is 20.3 Å². The molecule has 0 rings (SSSR count). The number of aliphatic carboxylic acids is 1. The number of alkyl carbamates (subject to hydrolysis) is 1. The monoisotopic (exact) mass is 293 g/mol. The molecule has 6 nitrogen and oxygen atoms in total. The third kappa shape index (κ3) is 10.6. The molecule has 7 heteroatoms. The molecule has 0 heterocycles. The molecule has 0 spiro atoms. The van der Waals surface area contributed by atoms with E-state index in [0.717, 1.165) is 0 Å². The first-order valence-electron chi connectivity index (χ1n) is 6.10. The lowest BCUT2D eigenvalue weighted by molar-refractivity contribution is -0.138. The standard InChI is InChI=1S/C12H23NO5S/c1-8(14)5-6-19-7-9(10(15)16)13-11(17)18-12(2,3)4/h8-9,14H,5-7H2,1-4H3,(H,13,17)(H,15,16). The van der Waals surface area contributed by atoms with E-state index in [1.807, 2.05) is 0 Å². The molecule has 112 valence electrons. The Labute approximate surface area is 117 Å². The summed E-state index contributed by atoms with van der Waals surface area (Å²) in [6, 6.07) is -0.992. The van der Waals surface area contributed by atoms with Crippen LogP contribution in [0.5, 0.6) is 0 Å². The molecule has 0 saturated heterocycles. The number of carbonyl (C=O) groups is 2. The Morgan fingerprint density at radius 3 is 2.37 bits per heavy atom. The van der Waals surface area contributed by atoms with Crippen LogP contribution in [0.3, 0.4) is 0 Å². The van der Waals surface area contributed by atoms with E-state index in [0.29, 0.717) is 12.2 Å². The van der Waals surface area contributed by atoms with E-state index in [4.69, 9.17) is 14.9 Å². The van der Waals surface area contributed by atoms with Gasteiger partial charge in [-0.2, -0.15) is 11.8 Å². The van der Waals surface area contributed by atoms with Gasteiger partial charge in [0.2, 0.25) is 0 Å². The van der Waals surface area contributed by atoms with Gasteiger partial charge >= 0.3 is 12.1 Å². The molecule has 0 aliphatic rings. The van der Waals surface area contributed by atoms with E-state index in [1.54, 1.807) is 27.7 Å². The van der Waals surface area contributed by atoms with Gasteiger partial charge in [-0.25, -0.2) is 9.59 Å². The van der Waals surface area contributed by atoms with Crippen LogP contribution in [0.15, 0.2) is 0 Å². The molecule has 0 aliphatic carbocycles. The van der Waals surface area contributed by atoms with Crippen LogP contribution < -0.4 is 5.32 Å². The SMILES string of the molecule is CC(O)CCSCC(NC(=O)OC(C)(C)C)C(=O)O. The number of carboxylic acids is 1. The zero-order valence-electron chi connectivity index (χ0n) is 11.8. The minimum Gasteiger partial charge on any atom is -0.480 e. The lowest BCUT2D eigenvalue weighted by Gasteiger charge is -2.21. The van der Waals surface area contributed by atoms with Crippen molar-refractivity contribution in [2.24, 2.45) is 0 Å². The maximum absolute atomic E-state index is 11.5. The van der Waals surface area contributed by atoms with Gasteiger partial charge in [0.15, 0.2) is 0 Å². The van der Waals surface area contributed by atoms with E-state index in [1.165, 1.54) is 11.8 Å². The first kappa shape index (κ1) is 18.0. The van der Waals surface area contributed by atoms with Gasteiger partial charge in [-0.05, 0) is 39.9 Å². The first-order valence-corrected chi connectivity index (χ1v) is 7.25. The van der Waals surface area contributed by atoms with E-state index in [9.17, 15) is 9.59 Å². The van der Waals surface area contributed by atoms with Crippen molar-refractivity contribution in [3.63, 3.8) is 0 Å². The maximum Gasteiger partial charge on any atom is 0.408 e. The molecule has 1 amide bonds. The van der Waals surface area contributed by atoms with Gasteiger partial charge in [0, 0.05) is 5.75 Å². The summed E-state index contributed by atoms with van der Waals surface area (Å²) >= 11 is 1.37. The Morgan fingerprint density at radius 2 is 1.95 bits per heavy atom. The highest BCUT2D eigenvalue weighted by atomic mass is 32.2. The smallest absolute Gasteiger partial charge is 0.408 e. The normalized spacial score (nSPS) is 14.6. The van der Waals surface area contributed by atoms with Gasteiger partial charge in [-0.3, -0.25) is 0 Å². The molecule has 2 atom stereocenters. The summed E-state index contributed by atoms with van der Waals surface area (Å²) in [5, 5.41) is 20.4. The van der Waals surface area contributed by atoms with Crippen LogP contribution >= 0.6 is 11.8 Å². The van der Waals surface area contributed by atoms with Crippen LogP contribution in [-0.2, 0) is 9.53 Å². The molecule has 0 saturated carbocycles. The predicted octanol–water partition coefficient (Wildman–Crippen LogP) is 1.47. The Kier molecular flexibility index (Phi) is 7.85. The number of hydrogen-bond donors (Lipinski definition) is 3. The topological polar surface area (TPSA) is 95.9 Å². The number of thioether (sulfide) groups is 1. The predicted molar refractivity (Wildman–Crippen MR) is 74.4 cm³/mol. The summed E-state index contributed by atoms with van der Waals surface area (Å²) in [5.41, 5.74) is -0.660. The average Bonchev–Trinajstić information content (AvgIpc) is 2.19. The second-order valence-electron chi connectivity index (χ2n) is 5.25. The number of carbonyl (C=O) groups excluding carboxylic acids is 1. The van der Waals surface area contributed by atoms with Crippen molar-refractivity contribution in [2.45, 2.75) is 51.9 Å². The highest BCUT2D eigenvalue weighted by Crippen LogP contribution is 2.10. The second-order valence-corrected chi connectivity index (χ2v) is 6.40. The minimum atomic E-state index is -1.10. The van der Waals surface area contributed by atoms with Crippen LogP contribution in [0.2, 0.25) is 0 Å². The van der Waals surface area contributed by atoms with Crippen LogP contribution in [0, 0.1) is 0 Å². The van der Waals surface area contributed by atoms with E-state index in [-0.39, 0.29) is 5.75 Å². The molecule has 0 radical (unpaired) electrons. The van der Waals surface area contributed by atoms with Crippen molar-refractivity contribution >= 4 is 23.8 Å². The van der Waals surface area contributed by atoms with Gasteiger partial charge in [0.25, 0.3) is 0 Å². The number of carboxylic acid groups (broad SMARTS) is 1. The Morgan fingerprint density at radius 1 is 1.37 bits per heavy atom. The van der Waals surface area contributed by atoms with Gasteiger partial charge in [0.05, 0.1) is 6.10 Å². The minimum absolute atomic E-state index is 0.237. The van der Waals surface area contributed by atoms with E-state index >= 15 is 0 Å². The van der Waals surface area contributed by atoms with Crippen LogP contribution in [-0.4, -0.2) is 51.5 Å². The number of aliphatic hydroxyl groups excluding tert-OH is 1. The highest BCUT2D eigenvalue weighted by Gasteiger charge is 2.23. The quantitative estimate of drug-likeness (QED) is 0.615. The highest BCUT2D eigenvalue weighted by molar-refractivity contribution is 7.99. The molecule has 0 aliphatic heterocycles. The summed E-state index contributed by atoms with van der Waals surface area (Å²) in [6.45, 7) is 6.80. The van der Waals surface area contributed by atoms with E-state index < -0.39 is 29.8 Å². The molecular formula is C12H23NO5S. The second kappa shape index (κ2) is 8.27. The molecule has 0 aromatic carbocycles. The van der Waals surface area contributed by atoms with Crippen molar-refractivity contribution in [2.75, 3.05) is 11.5 Å². The van der Waals surface area contributed by atoms with Crippen LogP contribution in [0.1, 0.15) is 34.1 Å². The van der Waals surface area contributed by atoms with Gasteiger partial charge in [0.1, 0.15) is 11.6 Å². The lowest BCUT2D eigenvalue weighted by Crippen LogP contribution is -2.45. The summed E-state index contributed by atoms with van der Waals surface area (Å²) < 4.78 is 5.00. The van der Waals surface area contributed by atoms with Crippen molar-refractivity contribution < 1.29 is 24.5 Å². The Balaban J connectivity index is 4.12. The number of amides is 1. The Hall–Kier alpha value is -0.950. The average molecular weight is 293 g/mol. The molecule has 0 bridgehead atoms. The number of aliphatic hydroxyl groups is 1. The summed E-state index contributed by atoms with van der Waals surface area (Å²) in [6.07, 6.45) is -0.561. The van der Waals surface area contributed by atoms with Crippen molar-refractivity contribution in [3.05, 3.63) is 0 Å². The van der Waals surface area contributed by atoms with Crippen molar-refractivity contribution in [1.82, 2.24) is 5.32 Å². The number of rotatable bonds is 7. The maximum atomic E-state index is 11.5.